The molecule has 0 heterocycles. The molecule has 0 aromatic heterocycles. The third-order valence-corrected chi connectivity index (χ3v) is 13.5. The lowest BCUT2D eigenvalue weighted by Gasteiger charge is -2.18. The molecule has 1 atom stereocenters. The molecule has 0 rings (SSSR count). The second-order valence-electron chi connectivity index (χ2n) is 20.8. The number of hydrogen-bond acceptors (Lipinski definition) is 6. The Bertz CT molecular complexity index is 980. The minimum absolute atomic E-state index is 0.0617. The van der Waals surface area contributed by atoms with Crippen molar-refractivity contribution in [2.24, 2.45) is 5.92 Å². The summed E-state index contributed by atoms with van der Waals surface area (Å²) < 4.78 is 16.9. The van der Waals surface area contributed by atoms with Gasteiger partial charge in [-0.25, -0.2) is 0 Å². The average Bonchev–Trinajstić information content (AvgIpc) is 3.29. The van der Waals surface area contributed by atoms with Crippen LogP contribution in [0.2, 0.25) is 0 Å². The number of unbranched alkanes of at least 4 members (excludes halogenated alkanes) is 41. The smallest absolute Gasteiger partial charge is 0.306 e. The zero-order chi connectivity index (χ0) is 47.4. The van der Waals surface area contributed by atoms with Crippen molar-refractivity contribution in [1.29, 1.82) is 0 Å². The van der Waals surface area contributed by atoms with E-state index in [4.69, 9.17) is 14.2 Å². The maximum Gasteiger partial charge on any atom is 0.306 e. The van der Waals surface area contributed by atoms with E-state index in [9.17, 15) is 14.4 Å². The highest BCUT2D eigenvalue weighted by Gasteiger charge is 2.19. The van der Waals surface area contributed by atoms with Crippen molar-refractivity contribution >= 4 is 17.9 Å². The average molecular weight is 920 g/mol. The Labute approximate surface area is 406 Å². The Hall–Kier alpha value is -1.59. The van der Waals surface area contributed by atoms with Gasteiger partial charge in [0, 0.05) is 19.3 Å². The van der Waals surface area contributed by atoms with E-state index in [-0.39, 0.29) is 31.1 Å². The van der Waals surface area contributed by atoms with E-state index >= 15 is 0 Å². The Balaban J connectivity index is 4.25. The zero-order valence-corrected chi connectivity index (χ0v) is 44.5. The molecular weight excluding hydrogens is 805 g/mol. The van der Waals surface area contributed by atoms with E-state index in [0.29, 0.717) is 19.3 Å². The van der Waals surface area contributed by atoms with Crippen LogP contribution in [0.3, 0.4) is 0 Å². The van der Waals surface area contributed by atoms with Crippen LogP contribution >= 0.6 is 0 Å². The first-order valence-electron chi connectivity index (χ1n) is 29.4. The minimum atomic E-state index is -0.761. The lowest BCUT2D eigenvalue weighted by atomic mass is 10.0. The first-order valence-corrected chi connectivity index (χ1v) is 29.4. The molecule has 386 valence electrons. The van der Waals surface area contributed by atoms with E-state index in [2.05, 4.69) is 27.7 Å². The molecule has 0 N–H and O–H groups in total. The standard InChI is InChI=1S/C59H114O6/c1-5-7-9-11-13-15-17-19-20-21-22-23-27-31-34-38-42-46-50-57(60)63-53-56(65-59(62)52-48-44-40-36-30-18-16-14-12-10-8-6-2)54-64-58(61)51-47-43-39-35-32-28-25-24-26-29-33-37-41-45-49-55(3)4/h55-56H,5-54H2,1-4H3/t56-/m0/s1. The number of carbonyl (C=O) groups excluding carboxylic acids is 3. The van der Waals surface area contributed by atoms with Crippen LogP contribution in [0.5, 0.6) is 0 Å². The molecule has 65 heavy (non-hydrogen) atoms. The van der Waals surface area contributed by atoms with Crippen molar-refractivity contribution in [3.8, 4) is 0 Å². The van der Waals surface area contributed by atoms with Crippen molar-refractivity contribution in [3.05, 3.63) is 0 Å². The van der Waals surface area contributed by atoms with E-state index in [1.54, 1.807) is 0 Å². The summed E-state index contributed by atoms with van der Waals surface area (Å²) in [6.07, 6.45) is 58.1. The summed E-state index contributed by atoms with van der Waals surface area (Å²) in [4.78, 5) is 38.1. The molecule has 6 nitrogen and oxygen atoms in total. The molecule has 0 saturated carbocycles. The normalized spacial score (nSPS) is 12.0. The van der Waals surface area contributed by atoms with Crippen LogP contribution in [0.4, 0.5) is 0 Å². The molecule has 0 aliphatic carbocycles. The van der Waals surface area contributed by atoms with Gasteiger partial charge in [-0.3, -0.25) is 14.4 Å². The van der Waals surface area contributed by atoms with Crippen molar-refractivity contribution in [2.45, 2.75) is 342 Å². The summed E-state index contributed by atoms with van der Waals surface area (Å²) in [6, 6.07) is 0. The van der Waals surface area contributed by atoms with Gasteiger partial charge in [-0.15, -0.1) is 0 Å². The third kappa shape index (κ3) is 53.2. The van der Waals surface area contributed by atoms with E-state index in [0.717, 1.165) is 63.7 Å². The van der Waals surface area contributed by atoms with Crippen LogP contribution in [-0.4, -0.2) is 37.2 Å². The fourth-order valence-corrected chi connectivity index (χ4v) is 9.10. The third-order valence-electron chi connectivity index (χ3n) is 13.5. The SMILES string of the molecule is CCCCCCCCCCCCCCCCCCCCC(=O)OC[C@@H](COC(=O)CCCCCCCCCCCCCCCCC(C)C)OC(=O)CCCCCCCCCCCCCC. The molecule has 0 aliphatic rings. The van der Waals surface area contributed by atoms with Crippen LogP contribution in [-0.2, 0) is 28.6 Å². The highest BCUT2D eigenvalue weighted by atomic mass is 16.6. The summed E-state index contributed by atoms with van der Waals surface area (Å²) >= 11 is 0. The predicted molar refractivity (Wildman–Crippen MR) is 280 cm³/mol. The zero-order valence-electron chi connectivity index (χ0n) is 44.5. The summed E-state index contributed by atoms with van der Waals surface area (Å²) in [6.45, 7) is 9.07. The van der Waals surface area contributed by atoms with Crippen LogP contribution in [0.25, 0.3) is 0 Å². The van der Waals surface area contributed by atoms with Crippen molar-refractivity contribution in [2.75, 3.05) is 13.2 Å². The van der Waals surface area contributed by atoms with E-state index < -0.39 is 6.10 Å². The summed E-state index contributed by atoms with van der Waals surface area (Å²) in [5.74, 6) is 0.0102. The van der Waals surface area contributed by atoms with Gasteiger partial charge in [-0.2, -0.15) is 0 Å². The number of hydrogen-bond donors (Lipinski definition) is 0. The molecule has 0 aromatic rings. The van der Waals surface area contributed by atoms with Gasteiger partial charge in [0.1, 0.15) is 13.2 Å². The van der Waals surface area contributed by atoms with E-state index in [1.165, 1.54) is 231 Å². The molecule has 0 amide bonds. The Morgan fingerprint density at radius 3 is 0.754 bits per heavy atom. The topological polar surface area (TPSA) is 78.9 Å². The van der Waals surface area contributed by atoms with Gasteiger partial charge >= 0.3 is 17.9 Å². The van der Waals surface area contributed by atoms with Crippen molar-refractivity contribution < 1.29 is 28.6 Å². The predicted octanol–water partition coefficient (Wildman–Crippen LogP) is 19.4. The van der Waals surface area contributed by atoms with Crippen molar-refractivity contribution in [1.82, 2.24) is 0 Å². The van der Waals surface area contributed by atoms with Crippen molar-refractivity contribution in [3.63, 3.8) is 0 Å². The highest BCUT2D eigenvalue weighted by molar-refractivity contribution is 5.71. The van der Waals surface area contributed by atoms with Gasteiger partial charge < -0.3 is 14.2 Å². The fraction of sp³-hybridized carbons (Fsp3) is 0.949. The van der Waals surface area contributed by atoms with Gasteiger partial charge in [0.2, 0.25) is 0 Å². The van der Waals surface area contributed by atoms with Gasteiger partial charge in [-0.1, -0.05) is 297 Å². The Morgan fingerprint density at radius 1 is 0.292 bits per heavy atom. The molecule has 0 spiro atoms. The molecule has 0 saturated heterocycles. The van der Waals surface area contributed by atoms with Crippen LogP contribution < -0.4 is 0 Å². The maximum absolute atomic E-state index is 12.8. The molecule has 0 radical (unpaired) electrons. The highest BCUT2D eigenvalue weighted by Crippen LogP contribution is 2.18. The van der Waals surface area contributed by atoms with Crippen LogP contribution in [0.15, 0.2) is 0 Å². The largest absolute Gasteiger partial charge is 0.462 e. The minimum Gasteiger partial charge on any atom is -0.462 e. The molecule has 0 aliphatic heterocycles. The lowest BCUT2D eigenvalue weighted by Crippen LogP contribution is -2.30. The van der Waals surface area contributed by atoms with E-state index in [1.807, 2.05) is 0 Å². The first-order chi connectivity index (χ1) is 31.9. The molecule has 6 heteroatoms. The molecule has 0 aromatic carbocycles. The molecular formula is C59H114O6. The monoisotopic (exact) mass is 919 g/mol. The Morgan fingerprint density at radius 2 is 0.508 bits per heavy atom. The second kappa shape index (κ2) is 53.4. The summed E-state index contributed by atoms with van der Waals surface area (Å²) in [5.41, 5.74) is 0. The van der Waals surface area contributed by atoms with Crippen LogP contribution in [0.1, 0.15) is 336 Å². The molecule has 0 fully saturated rings. The summed E-state index contributed by atoms with van der Waals surface area (Å²) in [7, 11) is 0. The lowest BCUT2D eigenvalue weighted by molar-refractivity contribution is -0.167. The van der Waals surface area contributed by atoms with Gasteiger partial charge in [0.15, 0.2) is 6.10 Å². The fourth-order valence-electron chi connectivity index (χ4n) is 9.10. The maximum atomic E-state index is 12.8. The van der Waals surface area contributed by atoms with Crippen LogP contribution in [0, 0.1) is 5.92 Å². The van der Waals surface area contributed by atoms with Gasteiger partial charge in [0.05, 0.1) is 0 Å². The Kier molecular flexibility index (Phi) is 52.1. The molecule has 0 unspecified atom stereocenters. The number of rotatable bonds is 54. The first kappa shape index (κ1) is 63.4. The number of esters is 3. The summed E-state index contributed by atoms with van der Waals surface area (Å²) in [5, 5.41) is 0. The number of carbonyl (C=O) groups is 3. The van der Waals surface area contributed by atoms with Gasteiger partial charge in [-0.05, 0) is 25.2 Å². The molecule has 0 bridgehead atoms. The number of ether oxygens (including phenoxy) is 3. The quantitative estimate of drug-likeness (QED) is 0.0344. The second-order valence-corrected chi connectivity index (χ2v) is 20.8. The van der Waals surface area contributed by atoms with Gasteiger partial charge in [0.25, 0.3) is 0 Å².